The van der Waals surface area contributed by atoms with Gasteiger partial charge in [-0.25, -0.2) is 0 Å². The summed E-state index contributed by atoms with van der Waals surface area (Å²) in [5.74, 6) is 3.83. The molecule has 4 rings (SSSR count). The summed E-state index contributed by atoms with van der Waals surface area (Å²) < 4.78 is 0. The molecule has 0 heterocycles. The van der Waals surface area contributed by atoms with E-state index >= 15 is 0 Å². The average molecular weight is 535 g/mol. The van der Waals surface area contributed by atoms with Crippen LogP contribution in [0.4, 0.5) is 0 Å². The third-order valence-electron chi connectivity index (χ3n) is 8.73. The van der Waals surface area contributed by atoms with Crippen LogP contribution in [0.3, 0.4) is 0 Å². The summed E-state index contributed by atoms with van der Waals surface area (Å²) in [4.78, 5) is 0. The second-order valence-electron chi connectivity index (χ2n) is 12.5. The van der Waals surface area contributed by atoms with E-state index in [0.29, 0.717) is 0 Å². The van der Waals surface area contributed by atoms with Crippen molar-refractivity contribution in [3.63, 3.8) is 0 Å². The Morgan fingerprint density at radius 3 is 1.21 bits per heavy atom. The van der Waals surface area contributed by atoms with Gasteiger partial charge >= 0.3 is 0 Å². The van der Waals surface area contributed by atoms with Crippen molar-refractivity contribution in [3.8, 4) is 0 Å². The Morgan fingerprint density at radius 2 is 0.974 bits per heavy atom. The van der Waals surface area contributed by atoms with Gasteiger partial charge in [-0.05, 0) is 115 Å². The standard InChI is InChI=1S/3C8H13.C8H12.C4H8.CH4.Al/c4*1-2-8-6-4-3-5-7-8;1-4(2)3;;/h3*3-4,8H,1-2,5-7H2;2-4,8H,1,5-7H2;1H2,2-3H3;1H4;. The van der Waals surface area contributed by atoms with Crippen LogP contribution in [0.5, 0.6) is 0 Å². The molecule has 0 spiro atoms. The smallest absolute Gasteiger partial charge is 0.103 e. The molecule has 0 aromatic carbocycles. The molecule has 0 N–H and O–H groups in total. The molecule has 0 fully saturated rings. The van der Waals surface area contributed by atoms with Crippen LogP contribution in [-0.4, -0.2) is 14.1 Å². The molecule has 0 saturated carbocycles. The molecular formula is C37H63Al. The summed E-state index contributed by atoms with van der Waals surface area (Å²) in [6, 6.07) is 0. The minimum Gasteiger partial charge on any atom is -0.103 e. The first-order valence-corrected chi connectivity index (χ1v) is 18.4. The fourth-order valence-electron chi connectivity index (χ4n) is 6.23. The number of hydrogen-bond donors (Lipinski definition) is 0. The molecule has 214 valence electrons. The van der Waals surface area contributed by atoms with Gasteiger partial charge in [-0.2, -0.15) is 0 Å². The van der Waals surface area contributed by atoms with Gasteiger partial charge in [-0.15, -0.1) is 13.2 Å². The summed E-state index contributed by atoms with van der Waals surface area (Å²) in [5.41, 5.74) is 1.17. The van der Waals surface area contributed by atoms with Gasteiger partial charge in [0.15, 0.2) is 0 Å². The van der Waals surface area contributed by atoms with Crippen LogP contribution in [0.25, 0.3) is 0 Å². The Balaban J connectivity index is 0.000000462. The highest BCUT2D eigenvalue weighted by atomic mass is 27.2. The van der Waals surface area contributed by atoms with Crippen molar-refractivity contribution in [1.82, 2.24) is 0 Å². The highest BCUT2D eigenvalue weighted by Gasteiger charge is 2.23. The number of rotatable bonds is 10. The zero-order valence-corrected chi connectivity index (χ0v) is 25.9. The fraction of sp³-hybridized carbons (Fsp3) is 0.676. The second-order valence-corrected chi connectivity index (χ2v) is 16.0. The van der Waals surface area contributed by atoms with Gasteiger partial charge in [0.05, 0.1) is 0 Å². The largest absolute Gasteiger partial charge is 0.261 e. The van der Waals surface area contributed by atoms with Crippen molar-refractivity contribution in [1.29, 1.82) is 0 Å². The van der Waals surface area contributed by atoms with Crippen molar-refractivity contribution in [2.75, 3.05) is 0 Å². The minimum absolute atomic E-state index is 0. The predicted octanol–water partition coefficient (Wildman–Crippen LogP) is 12.5. The second kappa shape index (κ2) is 22.8. The highest BCUT2D eigenvalue weighted by molar-refractivity contribution is 6.58. The third kappa shape index (κ3) is 17.5. The zero-order chi connectivity index (χ0) is 26.6. The van der Waals surface area contributed by atoms with Crippen molar-refractivity contribution >= 4 is 14.1 Å². The average Bonchev–Trinajstić information content (AvgIpc) is 2.95. The number of allylic oxidation sites excluding steroid dienone is 10. The minimum atomic E-state index is -0.519. The molecule has 4 aliphatic rings. The Morgan fingerprint density at radius 1 is 0.632 bits per heavy atom. The van der Waals surface area contributed by atoms with Gasteiger partial charge in [0.1, 0.15) is 0 Å². The summed E-state index contributed by atoms with van der Waals surface area (Å²) >= 11 is -0.519. The van der Waals surface area contributed by atoms with Crippen LogP contribution in [0.15, 0.2) is 73.4 Å². The molecule has 0 radical (unpaired) electrons. The highest BCUT2D eigenvalue weighted by Crippen LogP contribution is 2.31. The Bertz CT molecular complexity index is 652. The summed E-state index contributed by atoms with van der Waals surface area (Å²) in [6.07, 6.45) is 42.1. The summed E-state index contributed by atoms with van der Waals surface area (Å²) in [7, 11) is 0. The van der Waals surface area contributed by atoms with E-state index in [9.17, 15) is 0 Å². The van der Waals surface area contributed by atoms with Gasteiger partial charge in [0.2, 0.25) is 0 Å². The molecule has 0 aromatic heterocycles. The summed E-state index contributed by atoms with van der Waals surface area (Å²) in [5, 5.41) is 4.93. The van der Waals surface area contributed by atoms with Gasteiger partial charge < -0.3 is 0 Å². The van der Waals surface area contributed by atoms with E-state index < -0.39 is 14.1 Å². The SMILES string of the molecule is C.C1=CCC(C[CH2][Al]([CH2]CC2CC=CCC2)[CH2]CC2CC=CCC2)CC1.C=C(C)C.C=CC1CC=CCC1. The molecule has 0 nitrogen and oxygen atoms in total. The molecule has 0 saturated heterocycles. The van der Waals surface area contributed by atoms with Crippen molar-refractivity contribution in [2.24, 2.45) is 23.7 Å². The maximum absolute atomic E-state index is 3.75. The predicted molar refractivity (Wildman–Crippen MR) is 177 cm³/mol. The lowest BCUT2D eigenvalue weighted by Crippen LogP contribution is -2.18. The molecule has 1 heteroatoms. The fourth-order valence-corrected chi connectivity index (χ4v) is 9.93. The van der Waals surface area contributed by atoms with Crippen molar-refractivity contribution in [3.05, 3.63) is 73.4 Å². The summed E-state index contributed by atoms with van der Waals surface area (Å²) in [6.45, 7) is 11.3. The van der Waals surface area contributed by atoms with E-state index in [0.717, 1.165) is 23.7 Å². The Kier molecular flexibility index (Phi) is 21.0. The maximum atomic E-state index is 3.75. The van der Waals surface area contributed by atoms with Gasteiger partial charge in [-0.1, -0.05) is 103 Å². The molecule has 0 aliphatic heterocycles. The Labute approximate surface area is 243 Å². The normalized spacial score (nSPS) is 25.6. The molecule has 0 bridgehead atoms. The van der Waals surface area contributed by atoms with Crippen LogP contribution < -0.4 is 0 Å². The van der Waals surface area contributed by atoms with Crippen LogP contribution in [-0.2, 0) is 0 Å². The van der Waals surface area contributed by atoms with E-state index in [-0.39, 0.29) is 7.43 Å². The van der Waals surface area contributed by atoms with Crippen LogP contribution >= 0.6 is 0 Å². The molecule has 4 atom stereocenters. The first-order valence-electron chi connectivity index (χ1n) is 15.9. The first kappa shape index (κ1) is 35.0. The van der Waals surface area contributed by atoms with Gasteiger partial charge in [0, 0.05) is 0 Å². The van der Waals surface area contributed by atoms with Crippen LogP contribution in [0, 0.1) is 23.7 Å². The molecule has 0 aromatic rings. The van der Waals surface area contributed by atoms with Crippen LogP contribution in [0.1, 0.15) is 118 Å². The topological polar surface area (TPSA) is 0 Å². The van der Waals surface area contributed by atoms with Gasteiger partial charge in [-0.3, -0.25) is 0 Å². The van der Waals surface area contributed by atoms with E-state index in [2.05, 4.69) is 67.8 Å². The molecule has 38 heavy (non-hydrogen) atoms. The molecule has 4 unspecified atom stereocenters. The third-order valence-corrected chi connectivity index (χ3v) is 12.2. The van der Waals surface area contributed by atoms with E-state index in [1.165, 1.54) is 82.6 Å². The quantitative estimate of drug-likeness (QED) is 0.193. The lowest BCUT2D eigenvalue weighted by Gasteiger charge is -2.24. The molecular weight excluding hydrogens is 471 g/mol. The lowest BCUT2D eigenvalue weighted by atomic mass is 9.92. The van der Waals surface area contributed by atoms with E-state index in [1.54, 1.807) is 35.1 Å². The van der Waals surface area contributed by atoms with Gasteiger partial charge in [0.25, 0.3) is 14.1 Å². The van der Waals surface area contributed by atoms with Crippen LogP contribution in [0.2, 0.25) is 15.8 Å². The van der Waals surface area contributed by atoms with Crippen molar-refractivity contribution in [2.45, 2.75) is 133 Å². The monoisotopic (exact) mass is 534 g/mol. The lowest BCUT2D eigenvalue weighted by molar-refractivity contribution is 0.448. The first-order chi connectivity index (χ1) is 18.1. The van der Waals surface area contributed by atoms with E-state index in [4.69, 9.17) is 0 Å². The molecule has 0 amide bonds. The zero-order valence-electron chi connectivity index (χ0n) is 24.7. The Hall–Kier alpha value is -1.03. The van der Waals surface area contributed by atoms with Crippen molar-refractivity contribution < 1.29 is 0 Å². The molecule has 4 aliphatic carbocycles. The van der Waals surface area contributed by atoms with E-state index in [1.807, 2.05) is 13.8 Å². The number of hydrogen-bond acceptors (Lipinski definition) is 0. The maximum Gasteiger partial charge on any atom is 0.261 e.